The lowest BCUT2D eigenvalue weighted by atomic mass is 10.1. The zero-order valence-corrected chi connectivity index (χ0v) is 17.7. The number of likely N-dealkylation sites (tertiary alicyclic amines) is 1. The Morgan fingerprint density at radius 2 is 2.07 bits per heavy atom. The molecule has 1 fully saturated rings. The van der Waals surface area contributed by atoms with Crippen molar-refractivity contribution >= 4 is 44.3 Å². The van der Waals surface area contributed by atoms with E-state index in [0.717, 1.165) is 38.8 Å². The number of nitrogens with zero attached hydrogens (tertiary/aromatic N) is 1. The van der Waals surface area contributed by atoms with Crippen molar-refractivity contribution in [3.8, 4) is 5.75 Å². The number of methoxy groups -OCH3 is 1. The highest BCUT2D eigenvalue weighted by atomic mass is 79.9. The molecule has 150 valence electrons. The molecular formula is C22H22BrN3O3. The molecule has 1 aliphatic rings. The number of ether oxygens (including phenoxy) is 1. The maximum atomic E-state index is 12.5. The van der Waals surface area contributed by atoms with Gasteiger partial charge >= 0.3 is 0 Å². The van der Waals surface area contributed by atoms with Crippen LogP contribution in [0.2, 0.25) is 0 Å². The zero-order chi connectivity index (χ0) is 20.4. The first-order valence-corrected chi connectivity index (χ1v) is 10.3. The fourth-order valence-corrected chi connectivity index (χ4v) is 3.95. The number of carbonyl (C=O) groups is 2. The summed E-state index contributed by atoms with van der Waals surface area (Å²) in [5.41, 5.74) is 2.91. The van der Waals surface area contributed by atoms with Crippen molar-refractivity contribution in [3.63, 3.8) is 0 Å². The Morgan fingerprint density at radius 3 is 2.83 bits per heavy atom. The first-order valence-electron chi connectivity index (χ1n) is 9.51. The highest BCUT2D eigenvalue weighted by Gasteiger charge is 2.34. The van der Waals surface area contributed by atoms with Crippen molar-refractivity contribution in [1.29, 1.82) is 0 Å². The molecule has 2 N–H and O–H groups in total. The van der Waals surface area contributed by atoms with Gasteiger partial charge in [0.25, 0.3) is 0 Å². The minimum absolute atomic E-state index is 0.0263. The number of hydrogen-bond acceptors (Lipinski definition) is 3. The summed E-state index contributed by atoms with van der Waals surface area (Å²) in [6.45, 7) is 1.04. The number of H-pyrrole nitrogens is 1. The van der Waals surface area contributed by atoms with Crippen molar-refractivity contribution in [1.82, 2.24) is 9.88 Å². The smallest absolute Gasteiger partial charge is 0.229 e. The van der Waals surface area contributed by atoms with Crippen LogP contribution in [0, 0.1) is 5.92 Å². The van der Waals surface area contributed by atoms with Crippen molar-refractivity contribution < 1.29 is 14.3 Å². The van der Waals surface area contributed by atoms with E-state index in [1.807, 2.05) is 48.7 Å². The standard InChI is InChI=1S/C22H22BrN3O3/c1-29-18-6-7-20-19(11-18)14(12-24-20)8-9-26-13-15(10-21(26)27)22(28)25-17-4-2-16(23)3-5-17/h2-7,11-12,15,24H,8-10,13H2,1H3,(H,25,28). The summed E-state index contributed by atoms with van der Waals surface area (Å²) < 4.78 is 6.26. The second kappa shape index (κ2) is 8.29. The maximum Gasteiger partial charge on any atom is 0.229 e. The van der Waals surface area contributed by atoms with Crippen LogP contribution in [0.1, 0.15) is 12.0 Å². The molecule has 1 aliphatic heterocycles. The third-order valence-corrected chi connectivity index (χ3v) is 5.85. The van der Waals surface area contributed by atoms with Gasteiger partial charge in [0, 0.05) is 46.8 Å². The summed E-state index contributed by atoms with van der Waals surface area (Å²) in [5, 5.41) is 4.00. The molecule has 0 radical (unpaired) electrons. The van der Waals surface area contributed by atoms with E-state index in [4.69, 9.17) is 4.74 Å². The van der Waals surface area contributed by atoms with Gasteiger partial charge in [0.15, 0.2) is 0 Å². The quantitative estimate of drug-likeness (QED) is 0.590. The fourth-order valence-electron chi connectivity index (χ4n) is 3.69. The van der Waals surface area contributed by atoms with Crippen LogP contribution < -0.4 is 10.1 Å². The van der Waals surface area contributed by atoms with Gasteiger partial charge in [-0.2, -0.15) is 0 Å². The average Bonchev–Trinajstić information content (AvgIpc) is 3.30. The molecule has 0 aliphatic carbocycles. The van der Waals surface area contributed by atoms with Crippen molar-refractivity contribution in [2.24, 2.45) is 5.92 Å². The molecule has 6 nitrogen and oxygen atoms in total. The molecule has 29 heavy (non-hydrogen) atoms. The van der Waals surface area contributed by atoms with E-state index < -0.39 is 0 Å². The van der Waals surface area contributed by atoms with E-state index in [1.54, 1.807) is 12.0 Å². The summed E-state index contributed by atoms with van der Waals surface area (Å²) in [6.07, 6.45) is 2.95. The summed E-state index contributed by atoms with van der Waals surface area (Å²) >= 11 is 3.38. The summed E-state index contributed by atoms with van der Waals surface area (Å²) in [4.78, 5) is 30.0. The first kappa shape index (κ1) is 19.5. The van der Waals surface area contributed by atoms with Crippen LogP contribution in [0.5, 0.6) is 5.75 Å². The second-order valence-electron chi connectivity index (χ2n) is 7.21. The normalized spacial score (nSPS) is 16.4. The number of nitrogens with one attached hydrogen (secondary N) is 2. The molecule has 1 unspecified atom stereocenters. The van der Waals surface area contributed by atoms with Gasteiger partial charge in [0.2, 0.25) is 11.8 Å². The summed E-state index contributed by atoms with van der Waals surface area (Å²) in [7, 11) is 1.65. The maximum absolute atomic E-state index is 12.5. The first-order chi connectivity index (χ1) is 14.0. The molecule has 2 heterocycles. The van der Waals surface area contributed by atoms with E-state index in [-0.39, 0.29) is 24.2 Å². The lowest BCUT2D eigenvalue weighted by molar-refractivity contribution is -0.128. The topological polar surface area (TPSA) is 74.4 Å². The Hall–Kier alpha value is -2.80. The zero-order valence-electron chi connectivity index (χ0n) is 16.1. The number of anilines is 1. The van der Waals surface area contributed by atoms with Crippen LogP contribution in [-0.4, -0.2) is 41.9 Å². The Kier molecular flexibility index (Phi) is 5.58. The molecule has 0 spiro atoms. The largest absolute Gasteiger partial charge is 0.497 e. The number of aromatic nitrogens is 1. The summed E-state index contributed by atoms with van der Waals surface area (Å²) in [6, 6.07) is 13.3. The molecule has 3 aromatic rings. The van der Waals surface area contributed by atoms with Gasteiger partial charge in [-0.25, -0.2) is 0 Å². The minimum Gasteiger partial charge on any atom is -0.497 e. The lowest BCUT2D eigenvalue weighted by Crippen LogP contribution is -2.30. The molecule has 0 saturated carbocycles. The number of benzene rings is 2. The molecule has 2 aromatic carbocycles. The fraction of sp³-hybridized carbons (Fsp3) is 0.273. The molecule has 2 amide bonds. The number of aromatic amines is 1. The molecular weight excluding hydrogens is 434 g/mol. The van der Waals surface area contributed by atoms with E-state index in [1.165, 1.54) is 0 Å². The number of fused-ring (bicyclic) bond motifs is 1. The molecule has 1 aromatic heterocycles. The van der Waals surface area contributed by atoms with Gasteiger partial charge in [-0.05, 0) is 54.4 Å². The van der Waals surface area contributed by atoms with Crippen LogP contribution >= 0.6 is 15.9 Å². The monoisotopic (exact) mass is 455 g/mol. The van der Waals surface area contributed by atoms with E-state index in [9.17, 15) is 9.59 Å². The second-order valence-corrected chi connectivity index (χ2v) is 8.13. The molecule has 0 bridgehead atoms. The van der Waals surface area contributed by atoms with Gasteiger partial charge < -0.3 is 19.9 Å². The van der Waals surface area contributed by atoms with Crippen LogP contribution in [0.3, 0.4) is 0 Å². The predicted molar refractivity (Wildman–Crippen MR) is 116 cm³/mol. The molecule has 4 rings (SSSR count). The average molecular weight is 456 g/mol. The van der Waals surface area contributed by atoms with Crippen molar-refractivity contribution in [2.45, 2.75) is 12.8 Å². The van der Waals surface area contributed by atoms with Crippen LogP contribution in [-0.2, 0) is 16.0 Å². The number of rotatable bonds is 6. The highest BCUT2D eigenvalue weighted by Crippen LogP contribution is 2.25. The van der Waals surface area contributed by atoms with E-state index >= 15 is 0 Å². The molecule has 1 saturated heterocycles. The highest BCUT2D eigenvalue weighted by molar-refractivity contribution is 9.10. The SMILES string of the molecule is COc1ccc2[nH]cc(CCN3CC(C(=O)Nc4ccc(Br)cc4)CC3=O)c2c1. The van der Waals surface area contributed by atoms with Crippen molar-refractivity contribution in [2.75, 3.05) is 25.5 Å². The van der Waals surface area contributed by atoms with Crippen molar-refractivity contribution in [3.05, 3.63) is 58.7 Å². The minimum atomic E-state index is -0.325. The van der Waals surface area contributed by atoms with Crippen LogP contribution in [0.4, 0.5) is 5.69 Å². The Labute approximate surface area is 177 Å². The van der Waals surface area contributed by atoms with Crippen LogP contribution in [0.15, 0.2) is 53.1 Å². The van der Waals surface area contributed by atoms with E-state index in [0.29, 0.717) is 13.1 Å². The molecule has 1 atom stereocenters. The van der Waals surface area contributed by atoms with Gasteiger partial charge in [-0.3, -0.25) is 9.59 Å². The number of hydrogen-bond donors (Lipinski definition) is 2. The number of halogens is 1. The third-order valence-electron chi connectivity index (χ3n) is 5.32. The Bertz CT molecular complexity index is 1050. The van der Waals surface area contributed by atoms with Crippen LogP contribution in [0.25, 0.3) is 10.9 Å². The Morgan fingerprint density at radius 1 is 1.28 bits per heavy atom. The number of carbonyl (C=O) groups excluding carboxylic acids is 2. The van der Waals surface area contributed by atoms with Gasteiger partial charge in [0.05, 0.1) is 13.0 Å². The predicted octanol–water partition coefficient (Wildman–Crippen LogP) is 3.97. The summed E-state index contributed by atoms with van der Waals surface area (Å²) in [5.74, 6) is 0.396. The third kappa shape index (κ3) is 4.29. The number of amides is 2. The van der Waals surface area contributed by atoms with E-state index in [2.05, 4.69) is 26.2 Å². The van der Waals surface area contributed by atoms with Gasteiger partial charge in [-0.1, -0.05) is 15.9 Å². The Balaban J connectivity index is 1.37. The molecule has 7 heteroatoms. The van der Waals surface area contributed by atoms with Gasteiger partial charge in [-0.15, -0.1) is 0 Å². The lowest BCUT2D eigenvalue weighted by Gasteiger charge is -2.16. The van der Waals surface area contributed by atoms with Gasteiger partial charge in [0.1, 0.15) is 5.75 Å².